The van der Waals surface area contributed by atoms with Gasteiger partial charge < -0.3 is 10.4 Å². The first-order valence-corrected chi connectivity index (χ1v) is 12.0. The van der Waals surface area contributed by atoms with Crippen molar-refractivity contribution in [2.24, 2.45) is 0 Å². The molecule has 35 heavy (non-hydrogen) atoms. The first-order valence-electron chi connectivity index (χ1n) is 10.2. The van der Waals surface area contributed by atoms with Crippen LogP contribution in [0.3, 0.4) is 0 Å². The zero-order valence-electron chi connectivity index (χ0n) is 19.0. The minimum absolute atomic E-state index is 0.0488. The molecular weight excluding hydrogens is 521 g/mol. The number of nitrogens with zero attached hydrogens (tertiary/aromatic N) is 1. The summed E-state index contributed by atoms with van der Waals surface area (Å²) < 4.78 is 95.3. The molecule has 3 rings (SSSR count). The number of rotatable bonds is 6. The topological polar surface area (TPSA) is 37.2 Å². The lowest BCUT2D eigenvalue weighted by Crippen LogP contribution is -2.50. The minimum atomic E-state index is -6.23. The number of hydrogen-bond acceptors (Lipinski definition) is 3. The van der Waals surface area contributed by atoms with Gasteiger partial charge in [0.05, 0.1) is 10.7 Å². The van der Waals surface area contributed by atoms with Gasteiger partial charge >= 0.3 is 18.0 Å². The van der Waals surface area contributed by atoms with Crippen LogP contribution < -0.4 is 5.32 Å². The molecule has 0 radical (unpaired) electrons. The lowest BCUT2D eigenvalue weighted by atomic mass is 9.92. The van der Waals surface area contributed by atoms with E-state index in [1.54, 1.807) is 18.2 Å². The second-order valence-corrected chi connectivity index (χ2v) is 10.0. The molecule has 0 bridgehead atoms. The third kappa shape index (κ3) is 4.64. The van der Waals surface area contributed by atoms with Crippen LogP contribution in [0.1, 0.15) is 25.0 Å². The molecule has 2 aromatic carbocycles. The van der Waals surface area contributed by atoms with Crippen molar-refractivity contribution in [1.29, 1.82) is 0 Å². The first kappa shape index (κ1) is 27.3. The van der Waals surface area contributed by atoms with Gasteiger partial charge in [0, 0.05) is 27.6 Å². The Kier molecular flexibility index (Phi) is 7.02. The SMILES string of the molecule is CSCC(C)(C)Nc1c2c(Cl)cccc2c(O)n1-c1ccc(C(F)(C(F)(F)F)C(F)(F)F)cc1C. The van der Waals surface area contributed by atoms with E-state index in [2.05, 4.69) is 5.32 Å². The van der Waals surface area contributed by atoms with Gasteiger partial charge in [0.25, 0.3) is 0 Å². The van der Waals surface area contributed by atoms with Gasteiger partial charge in [-0.25, -0.2) is 4.39 Å². The summed E-state index contributed by atoms with van der Waals surface area (Å²) in [7, 11) is 0. The van der Waals surface area contributed by atoms with Crippen molar-refractivity contribution < 1.29 is 35.8 Å². The highest BCUT2D eigenvalue weighted by Gasteiger charge is 2.73. The maximum absolute atomic E-state index is 14.6. The molecule has 2 N–H and O–H groups in total. The van der Waals surface area contributed by atoms with Crippen molar-refractivity contribution in [3.05, 3.63) is 52.5 Å². The third-order valence-electron chi connectivity index (χ3n) is 5.51. The van der Waals surface area contributed by atoms with Crippen LogP contribution in [0.2, 0.25) is 5.02 Å². The molecule has 0 saturated heterocycles. The summed E-state index contributed by atoms with van der Waals surface area (Å²) in [6, 6.07) is 6.57. The van der Waals surface area contributed by atoms with E-state index in [0.717, 1.165) is 6.07 Å². The molecule has 0 amide bonds. The number of fused-ring (bicyclic) bond motifs is 1. The number of benzene rings is 2. The predicted molar refractivity (Wildman–Crippen MR) is 126 cm³/mol. The Hall–Kier alpha value is -2.27. The van der Waals surface area contributed by atoms with Crippen LogP contribution in [0, 0.1) is 6.92 Å². The first-order chi connectivity index (χ1) is 16.0. The van der Waals surface area contributed by atoms with E-state index in [1.807, 2.05) is 20.1 Å². The van der Waals surface area contributed by atoms with Crippen LogP contribution in [0.5, 0.6) is 5.88 Å². The molecule has 0 aliphatic heterocycles. The Bertz CT molecular complexity index is 1240. The van der Waals surface area contributed by atoms with Gasteiger partial charge in [-0.3, -0.25) is 4.57 Å². The van der Waals surface area contributed by atoms with Gasteiger partial charge in [0.15, 0.2) is 0 Å². The summed E-state index contributed by atoms with van der Waals surface area (Å²) >= 11 is 7.93. The highest BCUT2D eigenvalue weighted by atomic mass is 35.5. The summed E-state index contributed by atoms with van der Waals surface area (Å²) in [5, 5.41) is 15.3. The third-order valence-corrected chi connectivity index (χ3v) is 6.83. The molecule has 12 heteroatoms. The van der Waals surface area contributed by atoms with Gasteiger partial charge in [0.2, 0.25) is 5.88 Å². The number of hydrogen-bond donors (Lipinski definition) is 2. The van der Waals surface area contributed by atoms with Crippen LogP contribution >= 0.6 is 23.4 Å². The van der Waals surface area contributed by atoms with E-state index in [1.165, 1.54) is 23.3 Å². The summed E-state index contributed by atoms with van der Waals surface area (Å²) in [6.45, 7) is 4.98. The molecule has 3 aromatic rings. The predicted octanol–water partition coefficient (Wildman–Crippen LogP) is 8.14. The van der Waals surface area contributed by atoms with E-state index in [-0.39, 0.29) is 28.0 Å². The second-order valence-electron chi connectivity index (χ2n) is 8.77. The molecule has 0 fully saturated rings. The van der Waals surface area contributed by atoms with Crippen molar-refractivity contribution >= 4 is 40.0 Å². The van der Waals surface area contributed by atoms with Crippen LogP contribution in [0.25, 0.3) is 16.5 Å². The number of alkyl halides is 7. The Labute approximate surface area is 206 Å². The Morgan fingerprint density at radius 1 is 1.00 bits per heavy atom. The van der Waals surface area contributed by atoms with Crippen molar-refractivity contribution in [1.82, 2.24) is 4.57 Å². The number of halogens is 8. The van der Waals surface area contributed by atoms with Gasteiger partial charge in [-0.2, -0.15) is 38.1 Å². The highest BCUT2D eigenvalue weighted by Crippen LogP contribution is 2.53. The molecular formula is C23H22ClF7N2OS. The van der Waals surface area contributed by atoms with Crippen molar-refractivity contribution in [3.8, 4) is 11.6 Å². The number of anilines is 1. The van der Waals surface area contributed by atoms with Gasteiger partial charge in [-0.15, -0.1) is 0 Å². The maximum Gasteiger partial charge on any atom is 0.435 e. The monoisotopic (exact) mass is 542 g/mol. The highest BCUT2D eigenvalue weighted by molar-refractivity contribution is 7.98. The molecule has 0 saturated carbocycles. The molecule has 3 nitrogen and oxygen atoms in total. The zero-order valence-corrected chi connectivity index (χ0v) is 20.6. The molecule has 0 unspecified atom stereocenters. The van der Waals surface area contributed by atoms with Gasteiger partial charge in [-0.05, 0) is 50.8 Å². The van der Waals surface area contributed by atoms with Crippen LogP contribution in [0.15, 0.2) is 36.4 Å². The molecule has 0 spiro atoms. The van der Waals surface area contributed by atoms with Crippen LogP contribution in [-0.2, 0) is 5.67 Å². The van der Waals surface area contributed by atoms with Crippen molar-refractivity contribution in [2.75, 3.05) is 17.3 Å². The molecule has 192 valence electrons. The van der Waals surface area contributed by atoms with E-state index >= 15 is 0 Å². The van der Waals surface area contributed by atoms with Crippen molar-refractivity contribution in [3.63, 3.8) is 0 Å². The smallest absolute Gasteiger partial charge is 0.435 e. The lowest BCUT2D eigenvalue weighted by molar-refractivity contribution is -0.348. The molecule has 0 atom stereocenters. The summed E-state index contributed by atoms with van der Waals surface area (Å²) in [5.74, 6) is 0.569. The van der Waals surface area contributed by atoms with Crippen molar-refractivity contribution in [2.45, 2.75) is 44.3 Å². The number of aromatic hydroxyl groups is 1. The molecule has 1 heterocycles. The van der Waals surface area contributed by atoms with Gasteiger partial charge in [0.1, 0.15) is 5.82 Å². The quantitative estimate of drug-likeness (QED) is 0.309. The zero-order chi connectivity index (χ0) is 26.6. The fourth-order valence-corrected chi connectivity index (χ4v) is 5.03. The van der Waals surface area contributed by atoms with E-state index in [4.69, 9.17) is 11.6 Å². The maximum atomic E-state index is 14.6. The average molecular weight is 543 g/mol. The standard InChI is InChI=1S/C23H22ClF7N2OS/c1-12-10-13(21(25,22(26,27)28)23(29,30)31)8-9-16(12)33-18(32-20(2,3)11-35-4)17-14(19(33)34)6-5-7-15(17)24/h5-10,32,34H,11H2,1-4H3. The second kappa shape index (κ2) is 8.99. The molecule has 1 aromatic heterocycles. The van der Waals surface area contributed by atoms with E-state index in [9.17, 15) is 35.8 Å². The minimum Gasteiger partial charge on any atom is -0.494 e. The Morgan fingerprint density at radius 2 is 1.60 bits per heavy atom. The largest absolute Gasteiger partial charge is 0.494 e. The summed E-state index contributed by atoms with van der Waals surface area (Å²) in [6.07, 6.45) is -10.6. The lowest BCUT2D eigenvalue weighted by Gasteiger charge is -2.31. The van der Waals surface area contributed by atoms with E-state index in [0.29, 0.717) is 28.7 Å². The summed E-state index contributed by atoms with van der Waals surface area (Å²) in [5.41, 5.74) is -7.80. The fourth-order valence-electron chi connectivity index (χ4n) is 3.97. The summed E-state index contributed by atoms with van der Waals surface area (Å²) in [4.78, 5) is 0. The average Bonchev–Trinajstić information content (AvgIpc) is 2.97. The van der Waals surface area contributed by atoms with Crippen LogP contribution in [-0.4, -0.2) is 39.6 Å². The molecule has 0 aliphatic rings. The number of nitrogens with one attached hydrogen (secondary N) is 1. The van der Waals surface area contributed by atoms with E-state index < -0.39 is 29.1 Å². The number of aryl methyl sites for hydroxylation is 1. The molecule has 0 aliphatic carbocycles. The van der Waals surface area contributed by atoms with Gasteiger partial charge in [-0.1, -0.05) is 29.8 Å². The fraction of sp³-hybridized carbons (Fsp3) is 0.391. The number of thioether (sulfide) groups is 1. The Balaban J connectivity index is 2.30. The number of aromatic nitrogens is 1. The Morgan fingerprint density at radius 3 is 2.11 bits per heavy atom. The van der Waals surface area contributed by atoms with Crippen LogP contribution in [0.4, 0.5) is 36.6 Å². The normalized spacial score (nSPS) is 13.5.